The van der Waals surface area contributed by atoms with E-state index in [-0.39, 0.29) is 0 Å². The molecule has 18 heavy (non-hydrogen) atoms. The minimum atomic E-state index is 0.481. The van der Waals surface area contributed by atoms with Crippen molar-refractivity contribution >= 4 is 0 Å². The lowest BCUT2D eigenvalue weighted by Crippen LogP contribution is -2.23. The van der Waals surface area contributed by atoms with Gasteiger partial charge in [-0.1, -0.05) is 12.1 Å². The van der Waals surface area contributed by atoms with Crippen LogP contribution < -0.4 is 10.1 Å². The van der Waals surface area contributed by atoms with Crippen molar-refractivity contribution in [2.45, 2.75) is 32.2 Å². The summed E-state index contributed by atoms with van der Waals surface area (Å²) < 4.78 is 5.20. The smallest absolute Gasteiger partial charge is 0.118 e. The Morgan fingerprint density at radius 1 is 1.33 bits per heavy atom. The van der Waals surface area contributed by atoms with Crippen LogP contribution in [-0.2, 0) is 0 Å². The second-order valence-electron chi connectivity index (χ2n) is 4.72. The van der Waals surface area contributed by atoms with Crippen LogP contribution >= 0.6 is 0 Å². The Kier molecular flexibility index (Phi) is 4.66. The third kappa shape index (κ3) is 3.51. The number of ether oxygens (including phenoxy) is 1. The van der Waals surface area contributed by atoms with Crippen LogP contribution in [0.5, 0.6) is 5.75 Å². The summed E-state index contributed by atoms with van der Waals surface area (Å²) in [6.45, 7) is 2.86. The first kappa shape index (κ1) is 13.0. The summed E-state index contributed by atoms with van der Waals surface area (Å²) in [7, 11) is 1.70. The zero-order valence-corrected chi connectivity index (χ0v) is 11.2. The molecule has 2 rings (SSSR count). The number of hydrogen-bond donors (Lipinski definition) is 1. The van der Waals surface area contributed by atoms with Crippen LogP contribution in [-0.4, -0.2) is 13.7 Å². The zero-order chi connectivity index (χ0) is 12.8. The van der Waals surface area contributed by atoms with Gasteiger partial charge in [0.05, 0.1) is 7.11 Å². The highest BCUT2D eigenvalue weighted by Gasteiger charge is 2.31. The number of benzene rings is 1. The molecule has 1 atom stereocenters. The van der Waals surface area contributed by atoms with Gasteiger partial charge in [0.2, 0.25) is 0 Å². The molecule has 0 saturated heterocycles. The van der Waals surface area contributed by atoms with Crippen molar-refractivity contribution in [1.29, 1.82) is 0 Å². The average molecular weight is 243 g/mol. The Hall–Kier alpha value is -1.46. The molecular formula is C16H21NO. The van der Waals surface area contributed by atoms with Gasteiger partial charge in [-0.25, -0.2) is 0 Å². The molecular weight excluding hydrogens is 222 g/mol. The van der Waals surface area contributed by atoms with Crippen molar-refractivity contribution in [2.75, 3.05) is 13.7 Å². The quantitative estimate of drug-likeness (QED) is 0.612. The van der Waals surface area contributed by atoms with Crippen LogP contribution in [0.15, 0.2) is 24.3 Å². The van der Waals surface area contributed by atoms with Crippen LogP contribution in [0.4, 0.5) is 0 Å². The van der Waals surface area contributed by atoms with Gasteiger partial charge < -0.3 is 10.1 Å². The average Bonchev–Trinajstić information content (AvgIpc) is 3.24. The molecule has 0 amide bonds. The molecule has 1 unspecified atom stereocenters. The maximum atomic E-state index is 5.20. The molecule has 96 valence electrons. The third-order valence-electron chi connectivity index (χ3n) is 3.36. The molecule has 1 fully saturated rings. The largest absolute Gasteiger partial charge is 0.497 e. The van der Waals surface area contributed by atoms with Crippen LogP contribution in [0, 0.1) is 17.8 Å². The van der Waals surface area contributed by atoms with E-state index in [1.54, 1.807) is 7.11 Å². The maximum Gasteiger partial charge on any atom is 0.118 e. The number of hydrogen-bond acceptors (Lipinski definition) is 2. The van der Waals surface area contributed by atoms with Crippen molar-refractivity contribution in [3.8, 4) is 17.6 Å². The third-order valence-corrected chi connectivity index (χ3v) is 3.36. The fraction of sp³-hybridized carbons (Fsp3) is 0.500. The molecule has 0 aliphatic heterocycles. The van der Waals surface area contributed by atoms with Gasteiger partial charge in [-0.05, 0) is 43.4 Å². The molecule has 1 aliphatic carbocycles. The summed E-state index contributed by atoms with van der Waals surface area (Å²) in [5.74, 6) is 7.76. The van der Waals surface area contributed by atoms with Crippen LogP contribution in [0.25, 0.3) is 0 Å². The standard InChI is InChI=1S/C16H21NO/c1-3-4-5-12-17-16(13-6-7-13)14-8-10-15(18-2)11-9-14/h8-11,13,16-17H,5-7,12H2,1-2H3. The summed E-state index contributed by atoms with van der Waals surface area (Å²) in [6, 6.07) is 8.89. The Bertz CT molecular complexity index is 423. The molecule has 0 aromatic heterocycles. The summed E-state index contributed by atoms with van der Waals surface area (Å²) in [5.41, 5.74) is 1.36. The van der Waals surface area contributed by atoms with E-state index >= 15 is 0 Å². The summed E-state index contributed by atoms with van der Waals surface area (Å²) in [4.78, 5) is 0. The number of rotatable bonds is 6. The van der Waals surface area contributed by atoms with Crippen molar-refractivity contribution in [3.05, 3.63) is 29.8 Å². The van der Waals surface area contributed by atoms with E-state index in [0.29, 0.717) is 6.04 Å². The van der Waals surface area contributed by atoms with E-state index in [1.165, 1.54) is 18.4 Å². The Labute approximate surface area is 110 Å². The monoisotopic (exact) mass is 243 g/mol. The Morgan fingerprint density at radius 2 is 2.06 bits per heavy atom. The lowest BCUT2D eigenvalue weighted by molar-refractivity contribution is 0.414. The summed E-state index contributed by atoms with van der Waals surface area (Å²) in [6.07, 6.45) is 3.60. The minimum absolute atomic E-state index is 0.481. The topological polar surface area (TPSA) is 21.3 Å². The zero-order valence-electron chi connectivity index (χ0n) is 11.2. The van der Waals surface area contributed by atoms with Crippen LogP contribution in [0.1, 0.15) is 37.8 Å². The molecule has 0 bridgehead atoms. The Balaban J connectivity index is 1.96. The van der Waals surface area contributed by atoms with E-state index in [0.717, 1.165) is 24.6 Å². The van der Waals surface area contributed by atoms with E-state index in [2.05, 4.69) is 29.3 Å². The number of nitrogens with one attached hydrogen (secondary N) is 1. The molecule has 2 heteroatoms. The molecule has 1 aromatic carbocycles. The van der Waals surface area contributed by atoms with Gasteiger partial charge in [-0.15, -0.1) is 11.8 Å². The molecule has 1 aromatic rings. The predicted octanol–water partition coefficient (Wildman–Crippen LogP) is 3.15. The Morgan fingerprint density at radius 3 is 2.61 bits per heavy atom. The second kappa shape index (κ2) is 6.47. The van der Waals surface area contributed by atoms with Gasteiger partial charge in [-0.2, -0.15) is 0 Å². The first-order valence-corrected chi connectivity index (χ1v) is 6.62. The fourth-order valence-electron chi connectivity index (χ4n) is 2.21. The first-order chi connectivity index (χ1) is 8.85. The summed E-state index contributed by atoms with van der Waals surface area (Å²) >= 11 is 0. The molecule has 0 heterocycles. The fourth-order valence-corrected chi connectivity index (χ4v) is 2.21. The van der Waals surface area contributed by atoms with Gasteiger partial charge in [0.1, 0.15) is 5.75 Å². The molecule has 1 N–H and O–H groups in total. The first-order valence-electron chi connectivity index (χ1n) is 6.62. The minimum Gasteiger partial charge on any atom is -0.497 e. The van der Waals surface area contributed by atoms with Gasteiger partial charge in [0, 0.05) is 19.0 Å². The van der Waals surface area contributed by atoms with Gasteiger partial charge in [-0.3, -0.25) is 0 Å². The van der Waals surface area contributed by atoms with Crippen molar-refractivity contribution in [3.63, 3.8) is 0 Å². The lowest BCUT2D eigenvalue weighted by Gasteiger charge is -2.18. The predicted molar refractivity (Wildman–Crippen MR) is 74.5 cm³/mol. The van der Waals surface area contributed by atoms with E-state index in [9.17, 15) is 0 Å². The van der Waals surface area contributed by atoms with E-state index in [4.69, 9.17) is 4.74 Å². The number of methoxy groups -OCH3 is 1. The van der Waals surface area contributed by atoms with Crippen molar-refractivity contribution in [1.82, 2.24) is 5.32 Å². The van der Waals surface area contributed by atoms with Crippen molar-refractivity contribution < 1.29 is 4.74 Å². The normalized spacial score (nSPS) is 15.7. The summed E-state index contributed by atoms with van der Waals surface area (Å²) in [5, 5.41) is 3.63. The van der Waals surface area contributed by atoms with E-state index in [1.807, 2.05) is 19.1 Å². The van der Waals surface area contributed by atoms with Crippen LogP contribution in [0.3, 0.4) is 0 Å². The highest BCUT2D eigenvalue weighted by Crippen LogP contribution is 2.41. The van der Waals surface area contributed by atoms with E-state index < -0.39 is 0 Å². The molecule has 2 nitrogen and oxygen atoms in total. The van der Waals surface area contributed by atoms with Gasteiger partial charge >= 0.3 is 0 Å². The maximum absolute atomic E-state index is 5.20. The highest BCUT2D eigenvalue weighted by molar-refractivity contribution is 5.30. The van der Waals surface area contributed by atoms with Gasteiger partial charge in [0.15, 0.2) is 0 Å². The van der Waals surface area contributed by atoms with Crippen LogP contribution in [0.2, 0.25) is 0 Å². The van der Waals surface area contributed by atoms with Gasteiger partial charge in [0.25, 0.3) is 0 Å². The lowest BCUT2D eigenvalue weighted by atomic mass is 10.0. The molecule has 0 radical (unpaired) electrons. The SMILES string of the molecule is CC#CCCNC(c1ccc(OC)cc1)C1CC1. The second-order valence-corrected chi connectivity index (χ2v) is 4.72. The van der Waals surface area contributed by atoms with Crippen molar-refractivity contribution in [2.24, 2.45) is 5.92 Å². The molecule has 0 spiro atoms. The highest BCUT2D eigenvalue weighted by atomic mass is 16.5. The molecule has 1 aliphatic rings. The molecule has 1 saturated carbocycles.